The van der Waals surface area contributed by atoms with Crippen LogP contribution >= 0.6 is 11.3 Å². The number of halogens is 3. The maximum Gasteiger partial charge on any atom is 0.416 e. The zero-order chi connectivity index (χ0) is 21.0. The number of thiazole rings is 1. The Morgan fingerprint density at radius 2 is 1.93 bits per heavy atom. The molecule has 1 amide bonds. The first-order valence-corrected chi connectivity index (χ1v) is 9.72. The summed E-state index contributed by atoms with van der Waals surface area (Å²) in [6.07, 6.45) is -4.39. The Bertz CT molecular complexity index is 984. The van der Waals surface area contributed by atoms with Crippen LogP contribution in [0.1, 0.15) is 45.2 Å². The van der Waals surface area contributed by atoms with Crippen LogP contribution in [-0.2, 0) is 12.8 Å². The lowest BCUT2D eigenvalue weighted by Crippen LogP contribution is -2.26. The average Bonchev–Trinajstić information content (AvgIpc) is 3.11. The van der Waals surface area contributed by atoms with E-state index in [9.17, 15) is 18.0 Å². The molecule has 152 valence electrons. The number of aryl methyl sites for hydroxylation is 1. The van der Waals surface area contributed by atoms with Crippen molar-refractivity contribution >= 4 is 17.2 Å². The summed E-state index contributed by atoms with van der Waals surface area (Å²) in [5, 5.41) is 5.66. The Balaban J connectivity index is 1.62. The van der Waals surface area contributed by atoms with Crippen molar-refractivity contribution in [3.63, 3.8) is 0 Å². The van der Waals surface area contributed by atoms with E-state index in [1.165, 1.54) is 23.5 Å². The zero-order valence-electron chi connectivity index (χ0n) is 15.8. The van der Waals surface area contributed by atoms with Gasteiger partial charge in [-0.15, -0.1) is 11.3 Å². The fourth-order valence-electron chi connectivity index (χ4n) is 2.68. The Kier molecular flexibility index (Phi) is 6.22. The van der Waals surface area contributed by atoms with E-state index in [0.29, 0.717) is 23.5 Å². The maximum absolute atomic E-state index is 12.7. The molecule has 0 fully saturated rings. The number of ether oxygens (including phenoxy) is 1. The van der Waals surface area contributed by atoms with Crippen LogP contribution in [0.2, 0.25) is 0 Å². The molecule has 1 atom stereocenters. The van der Waals surface area contributed by atoms with E-state index in [2.05, 4.69) is 10.3 Å². The van der Waals surface area contributed by atoms with Crippen molar-refractivity contribution in [3.8, 4) is 5.75 Å². The summed E-state index contributed by atoms with van der Waals surface area (Å²) >= 11 is 1.54. The van der Waals surface area contributed by atoms with Crippen LogP contribution in [0.3, 0.4) is 0 Å². The lowest BCUT2D eigenvalue weighted by atomic mass is 10.1. The molecule has 0 saturated carbocycles. The van der Waals surface area contributed by atoms with Crippen molar-refractivity contribution in [2.24, 2.45) is 0 Å². The highest BCUT2D eigenvalue weighted by atomic mass is 32.1. The molecule has 0 bridgehead atoms. The van der Waals surface area contributed by atoms with Crippen molar-refractivity contribution in [3.05, 3.63) is 81.3 Å². The third-order valence-electron chi connectivity index (χ3n) is 4.24. The number of carbonyl (C=O) groups excluding carboxylic acids is 1. The molecule has 29 heavy (non-hydrogen) atoms. The standard InChI is InChI=1S/C21H19F3N2O2S/c1-13(15-6-8-17(9-7-15)21(22,23)24)25-20(27)16-4-3-5-19(10-16)28-11-18-12-29-14(2)26-18/h3-10,12-13H,11H2,1-2H3,(H,25,27). The minimum atomic E-state index is -4.39. The number of rotatable bonds is 6. The molecule has 0 aliphatic carbocycles. The Hall–Kier alpha value is -2.87. The molecule has 1 unspecified atom stereocenters. The largest absolute Gasteiger partial charge is 0.487 e. The zero-order valence-corrected chi connectivity index (χ0v) is 16.6. The average molecular weight is 420 g/mol. The van der Waals surface area contributed by atoms with E-state index < -0.39 is 17.8 Å². The van der Waals surface area contributed by atoms with Gasteiger partial charge in [-0.25, -0.2) is 4.98 Å². The van der Waals surface area contributed by atoms with E-state index in [-0.39, 0.29) is 5.91 Å². The topological polar surface area (TPSA) is 51.2 Å². The summed E-state index contributed by atoms with van der Waals surface area (Å²) in [5.41, 5.74) is 1.08. The molecule has 1 aromatic heterocycles. The summed E-state index contributed by atoms with van der Waals surface area (Å²) in [5.74, 6) is 0.192. The first-order valence-electron chi connectivity index (χ1n) is 8.84. The van der Waals surface area contributed by atoms with Gasteiger partial charge in [0.05, 0.1) is 22.3 Å². The van der Waals surface area contributed by atoms with Crippen molar-refractivity contribution in [1.29, 1.82) is 0 Å². The third kappa shape index (κ3) is 5.57. The van der Waals surface area contributed by atoms with E-state index in [4.69, 9.17) is 4.74 Å². The third-order valence-corrected chi connectivity index (χ3v) is 5.06. The first-order chi connectivity index (χ1) is 13.7. The van der Waals surface area contributed by atoms with Crippen LogP contribution in [0.25, 0.3) is 0 Å². The van der Waals surface area contributed by atoms with Gasteiger partial charge in [0, 0.05) is 10.9 Å². The molecule has 3 rings (SSSR count). The number of alkyl halides is 3. The van der Waals surface area contributed by atoms with Gasteiger partial charge in [-0.3, -0.25) is 4.79 Å². The summed E-state index contributed by atoms with van der Waals surface area (Å²) in [4.78, 5) is 16.8. The summed E-state index contributed by atoms with van der Waals surface area (Å²) in [6, 6.07) is 11.0. The van der Waals surface area contributed by atoms with Crippen molar-refractivity contribution in [2.45, 2.75) is 32.7 Å². The van der Waals surface area contributed by atoms with Crippen molar-refractivity contribution in [1.82, 2.24) is 10.3 Å². The van der Waals surface area contributed by atoms with Crippen molar-refractivity contribution in [2.75, 3.05) is 0 Å². The van der Waals surface area contributed by atoms with Gasteiger partial charge in [0.25, 0.3) is 5.91 Å². The molecular weight excluding hydrogens is 401 g/mol. The minimum Gasteiger partial charge on any atom is -0.487 e. The van der Waals surface area contributed by atoms with Gasteiger partial charge in [-0.1, -0.05) is 18.2 Å². The summed E-state index contributed by atoms with van der Waals surface area (Å²) < 4.78 is 43.7. The fourth-order valence-corrected chi connectivity index (χ4v) is 3.28. The number of hydrogen-bond donors (Lipinski definition) is 1. The number of nitrogens with one attached hydrogen (secondary N) is 1. The Labute approximate surface area is 170 Å². The highest BCUT2D eigenvalue weighted by Crippen LogP contribution is 2.30. The SMILES string of the molecule is Cc1nc(COc2cccc(C(=O)NC(C)c3ccc(C(F)(F)F)cc3)c2)cs1. The predicted octanol–water partition coefficient (Wildman–Crippen LogP) is 5.54. The van der Waals surface area contributed by atoms with Crippen LogP contribution in [-0.4, -0.2) is 10.9 Å². The van der Waals surface area contributed by atoms with Crippen LogP contribution in [0, 0.1) is 6.92 Å². The van der Waals surface area contributed by atoms with E-state index >= 15 is 0 Å². The highest BCUT2D eigenvalue weighted by Gasteiger charge is 2.30. The maximum atomic E-state index is 12.7. The van der Waals surface area contributed by atoms with E-state index in [1.54, 1.807) is 31.2 Å². The summed E-state index contributed by atoms with van der Waals surface area (Å²) in [6.45, 7) is 3.93. The van der Waals surface area contributed by atoms with Crippen molar-refractivity contribution < 1.29 is 22.7 Å². The monoisotopic (exact) mass is 420 g/mol. The number of benzene rings is 2. The van der Waals surface area contributed by atoms with Crippen LogP contribution in [0.15, 0.2) is 53.9 Å². The predicted molar refractivity (Wildman–Crippen MR) is 105 cm³/mol. The van der Waals surface area contributed by atoms with E-state index in [0.717, 1.165) is 22.8 Å². The molecule has 3 aromatic rings. The molecule has 0 aliphatic heterocycles. The number of nitrogens with zero attached hydrogens (tertiary/aromatic N) is 1. The van der Waals surface area contributed by atoms with Gasteiger partial charge in [-0.2, -0.15) is 13.2 Å². The molecule has 1 heterocycles. The molecule has 4 nitrogen and oxygen atoms in total. The fraction of sp³-hybridized carbons (Fsp3) is 0.238. The van der Waals surface area contributed by atoms with Crippen LogP contribution in [0.5, 0.6) is 5.75 Å². The van der Waals surface area contributed by atoms with E-state index in [1.807, 2.05) is 12.3 Å². The van der Waals surface area contributed by atoms with Gasteiger partial charge < -0.3 is 10.1 Å². The molecule has 2 aromatic carbocycles. The van der Waals surface area contributed by atoms with Gasteiger partial charge in [0.2, 0.25) is 0 Å². The molecule has 0 spiro atoms. The molecule has 0 saturated heterocycles. The number of aromatic nitrogens is 1. The lowest BCUT2D eigenvalue weighted by molar-refractivity contribution is -0.137. The van der Waals surface area contributed by atoms with Gasteiger partial charge in [0.15, 0.2) is 0 Å². The molecule has 8 heteroatoms. The van der Waals surface area contributed by atoms with Gasteiger partial charge >= 0.3 is 6.18 Å². The smallest absolute Gasteiger partial charge is 0.416 e. The number of hydrogen-bond acceptors (Lipinski definition) is 4. The molecule has 1 N–H and O–H groups in total. The van der Waals surface area contributed by atoms with Gasteiger partial charge in [0.1, 0.15) is 12.4 Å². The number of amides is 1. The van der Waals surface area contributed by atoms with Crippen LogP contribution in [0.4, 0.5) is 13.2 Å². The lowest BCUT2D eigenvalue weighted by Gasteiger charge is -2.16. The second-order valence-electron chi connectivity index (χ2n) is 6.49. The second kappa shape index (κ2) is 8.65. The molecular formula is C21H19F3N2O2S. The highest BCUT2D eigenvalue weighted by molar-refractivity contribution is 7.09. The summed E-state index contributed by atoms with van der Waals surface area (Å²) in [7, 11) is 0. The minimum absolute atomic E-state index is 0.303. The quantitative estimate of drug-likeness (QED) is 0.570. The first kappa shape index (κ1) is 20.9. The van der Waals surface area contributed by atoms with Crippen LogP contribution < -0.4 is 10.1 Å². The normalized spacial score (nSPS) is 12.4. The Morgan fingerprint density at radius 1 is 1.21 bits per heavy atom. The molecule has 0 radical (unpaired) electrons. The number of carbonyl (C=O) groups is 1. The Morgan fingerprint density at radius 3 is 2.55 bits per heavy atom. The molecule has 0 aliphatic rings. The van der Waals surface area contributed by atoms with Gasteiger partial charge in [-0.05, 0) is 49.7 Å². The second-order valence-corrected chi connectivity index (χ2v) is 7.55.